The molecule has 1 amide bonds. The second kappa shape index (κ2) is 8.76. The number of aryl methyl sites for hydroxylation is 1. The summed E-state index contributed by atoms with van der Waals surface area (Å²) in [5.74, 6) is 1.09. The number of carbonyl (C=O) groups is 1. The molecule has 0 bridgehead atoms. The number of piperidine rings is 1. The van der Waals surface area contributed by atoms with E-state index in [0.29, 0.717) is 43.2 Å². The zero-order valence-corrected chi connectivity index (χ0v) is 18.4. The molecule has 0 spiro atoms. The topological polar surface area (TPSA) is 94.2 Å². The van der Waals surface area contributed by atoms with Gasteiger partial charge in [-0.15, -0.1) is 0 Å². The predicted octanol–water partition coefficient (Wildman–Crippen LogP) is 2.45. The Morgan fingerprint density at radius 2 is 2.00 bits per heavy atom. The maximum atomic E-state index is 13.3. The van der Waals surface area contributed by atoms with E-state index in [2.05, 4.69) is 5.32 Å². The molecule has 0 aliphatic carbocycles. The number of carbonyl (C=O) groups excluding carboxylic acids is 1. The van der Waals surface area contributed by atoms with Gasteiger partial charge in [-0.05, 0) is 55.2 Å². The summed E-state index contributed by atoms with van der Waals surface area (Å²) in [4.78, 5) is 12.9. The summed E-state index contributed by atoms with van der Waals surface area (Å²) in [7, 11) is -2.32. The van der Waals surface area contributed by atoms with Crippen molar-refractivity contribution in [2.24, 2.45) is 5.92 Å². The van der Waals surface area contributed by atoms with E-state index in [1.54, 1.807) is 18.2 Å². The zero-order chi connectivity index (χ0) is 22.0. The van der Waals surface area contributed by atoms with Gasteiger partial charge in [-0.3, -0.25) is 4.79 Å². The molecule has 2 aromatic rings. The molecule has 2 aliphatic heterocycles. The number of amides is 1. The van der Waals surface area contributed by atoms with Gasteiger partial charge in [0.15, 0.2) is 11.5 Å². The Morgan fingerprint density at radius 3 is 2.81 bits per heavy atom. The highest BCUT2D eigenvalue weighted by Gasteiger charge is 2.34. The Kier molecular flexibility index (Phi) is 6.06. The van der Waals surface area contributed by atoms with Crippen LogP contribution in [0.3, 0.4) is 0 Å². The lowest BCUT2D eigenvalue weighted by Crippen LogP contribution is -2.45. The first-order chi connectivity index (χ1) is 14.9. The maximum absolute atomic E-state index is 13.3. The van der Waals surface area contributed by atoms with Crippen molar-refractivity contribution in [2.45, 2.75) is 31.2 Å². The van der Waals surface area contributed by atoms with E-state index in [-0.39, 0.29) is 24.1 Å². The maximum Gasteiger partial charge on any atom is 0.246 e. The number of methoxy groups -OCH3 is 1. The fourth-order valence-corrected chi connectivity index (χ4v) is 5.65. The van der Waals surface area contributed by atoms with Gasteiger partial charge in [0.2, 0.25) is 22.7 Å². The Morgan fingerprint density at radius 1 is 1.19 bits per heavy atom. The van der Waals surface area contributed by atoms with Crippen LogP contribution in [0.4, 0.5) is 0 Å². The molecule has 2 aliphatic rings. The Bertz CT molecular complexity index is 1090. The van der Waals surface area contributed by atoms with Crippen molar-refractivity contribution in [2.75, 3.05) is 27.0 Å². The van der Waals surface area contributed by atoms with E-state index < -0.39 is 15.9 Å². The molecule has 4 rings (SSSR count). The van der Waals surface area contributed by atoms with Gasteiger partial charge in [0.25, 0.3) is 0 Å². The highest BCUT2D eigenvalue weighted by atomic mass is 32.2. The second-order valence-corrected chi connectivity index (χ2v) is 9.67. The van der Waals surface area contributed by atoms with Crippen LogP contribution in [0, 0.1) is 12.8 Å². The minimum atomic E-state index is -3.77. The van der Waals surface area contributed by atoms with Crippen LogP contribution < -0.4 is 19.5 Å². The lowest BCUT2D eigenvalue weighted by Gasteiger charge is -2.31. The van der Waals surface area contributed by atoms with Gasteiger partial charge in [0.1, 0.15) is 10.6 Å². The van der Waals surface area contributed by atoms with Crippen LogP contribution in [-0.2, 0) is 21.4 Å². The van der Waals surface area contributed by atoms with Gasteiger partial charge in [-0.25, -0.2) is 8.42 Å². The van der Waals surface area contributed by atoms with Gasteiger partial charge < -0.3 is 19.5 Å². The summed E-state index contributed by atoms with van der Waals surface area (Å²) in [5.41, 5.74) is 1.72. The minimum Gasteiger partial charge on any atom is -0.495 e. The molecule has 0 unspecified atom stereocenters. The van der Waals surface area contributed by atoms with E-state index in [9.17, 15) is 13.2 Å². The molecule has 31 heavy (non-hydrogen) atoms. The molecule has 1 N–H and O–H groups in total. The fourth-order valence-electron chi connectivity index (χ4n) is 3.88. The van der Waals surface area contributed by atoms with Gasteiger partial charge >= 0.3 is 0 Å². The minimum absolute atomic E-state index is 0.136. The molecule has 166 valence electrons. The van der Waals surface area contributed by atoms with Gasteiger partial charge in [-0.2, -0.15) is 4.31 Å². The number of sulfonamides is 1. The lowest BCUT2D eigenvalue weighted by molar-refractivity contribution is -0.126. The third-order valence-corrected chi connectivity index (χ3v) is 7.48. The SMILES string of the molecule is COc1ccc(C)cc1S(=O)(=O)N1CCC[C@H](C(=O)NCc2ccc3c(c2)OCO3)C1. The van der Waals surface area contributed by atoms with Crippen LogP contribution in [0.1, 0.15) is 24.0 Å². The highest BCUT2D eigenvalue weighted by molar-refractivity contribution is 7.89. The summed E-state index contributed by atoms with van der Waals surface area (Å²) < 4.78 is 43.8. The van der Waals surface area contributed by atoms with Crippen molar-refractivity contribution < 1.29 is 27.4 Å². The number of fused-ring (bicyclic) bond motifs is 1. The van der Waals surface area contributed by atoms with Crippen LogP contribution in [-0.4, -0.2) is 45.6 Å². The molecule has 2 aromatic carbocycles. The number of nitrogens with zero attached hydrogens (tertiary/aromatic N) is 1. The Balaban J connectivity index is 1.43. The Hall–Kier alpha value is -2.78. The van der Waals surface area contributed by atoms with E-state index in [0.717, 1.165) is 11.1 Å². The van der Waals surface area contributed by atoms with Crippen LogP contribution in [0.5, 0.6) is 17.2 Å². The van der Waals surface area contributed by atoms with Crippen molar-refractivity contribution in [3.8, 4) is 17.2 Å². The average molecular weight is 447 g/mol. The number of nitrogens with one attached hydrogen (secondary N) is 1. The van der Waals surface area contributed by atoms with Gasteiger partial charge in [-0.1, -0.05) is 12.1 Å². The summed E-state index contributed by atoms with van der Waals surface area (Å²) >= 11 is 0. The number of rotatable bonds is 6. The average Bonchev–Trinajstić information content (AvgIpc) is 3.25. The first kappa shape index (κ1) is 21.5. The highest BCUT2D eigenvalue weighted by Crippen LogP contribution is 2.33. The third kappa shape index (κ3) is 4.47. The normalized spacial score (nSPS) is 18.6. The zero-order valence-electron chi connectivity index (χ0n) is 17.6. The molecular formula is C22H26N2O6S. The molecule has 0 radical (unpaired) electrons. The second-order valence-electron chi connectivity index (χ2n) is 7.76. The first-order valence-electron chi connectivity index (χ1n) is 10.2. The van der Waals surface area contributed by atoms with Crippen molar-refractivity contribution in [1.82, 2.24) is 9.62 Å². The monoisotopic (exact) mass is 446 g/mol. The first-order valence-corrected chi connectivity index (χ1v) is 11.6. The summed E-state index contributed by atoms with van der Waals surface area (Å²) in [6.45, 7) is 2.90. The molecule has 0 aromatic heterocycles. The third-order valence-electron chi connectivity index (χ3n) is 5.60. The van der Waals surface area contributed by atoms with E-state index in [1.807, 2.05) is 25.1 Å². The summed E-state index contributed by atoms with van der Waals surface area (Å²) in [6.07, 6.45) is 1.26. The molecule has 1 saturated heterocycles. The number of ether oxygens (including phenoxy) is 3. The van der Waals surface area contributed by atoms with E-state index in [4.69, 9.17) is 14.2 Å². The van der Waals surface area contributed by atoms with Crippen LogP contribution in [0.25, 0.3) is 0 Å². The molecule has 0 saturated carbocycles. The quantitative estimate of drug-likeness (QED) is 0.733. The molecule has 1 fully saturated rings. The van der Waals surface area contributed by atoms with Crippen LogP contribution in [0.15, 0.2) is 41.3 Å². The lowest BCUT2D eigenvalue weighted by atomic mass is 9.98. The molecule has 8 nitrogen and oxygen atoms in total. The molecular weight excluding hydrogens is 420 g/mol. The smallest absolute Gasteiger partial charge is 0.246 e. The largest absolute Gasteiger partial charge is 0.495 e. The summed E-state index contributed by atoms with van der Waals surface area (Å²) in [5, 5.41) is 2.92. The van der Waals surface area contributed by atoms with Crippen molar-refractivity contribution in [1.29, 1.82) is 0 Å². The van der Waals surface area contributed by atoms with Gasteiger partial charge in [0.05, 0.1) is 13.0 Å². The predicted molar refractivity (Wildman–Crippen MR) is 114 cm³/mol. The van der Waals surface area contributed by atoms with E-state index >= 15 is 0 Å². The molecule has 1 atom stereocenters. The molecule has 9 heteroatoms. The van der Waals surface area contributed by atoms with Crippen LogP contribution >= 0.6 is 0 Å². The Labute approximate surface area is 182 Å². The van der Waals surface area contributed by atoms with Crippen molar-refractivity contribution in [3.05, 3.63) is 47.5 Å². The number of hydrogen-bond acceptors (Lipinski definition) is 6. The standard InChI is InChI=1S/C22H26N2O6S/c1-15-5-7-19(28-2)21(10-15)31(26,27)24-9-3-4-17(13-24)22(25)23-12-16-6-8-18-20(11-16)30-14-29-18/h5-8,10-11,17H,3-4,9,12-14H2,1-2H3,(H,23,25)/t17-/m0/s1. The fraction of sp³-hybridized carbons (Fsp3) is 0.409. The van der Waals surface area contributed by atoms with Crippen molar-refractivity contribution in [3.63, 3.8) is 0 Å². The van der Waals surface area contributed by atoms with Crippen molar-refractivity contribution >= 4 is 15.9 Å². The molecule has 2 heterocycles. The van der Waals surface area contributed by atoms with Gasteiger partial charge in [0, 0.05) is 19.6 Å². The van der Waals surface area contributed by atoms with E-state index in [1.165, 1.54) is 11.4 Å². The number of hydrogen-bond donors (Lipinski definition) is 1. The van der Waals surface area contributed by atoms with Crippen LogP contribution in [0.2, 0.25) is 0 Å². The number of benzene rings is 2. The summed E-state index contributed by atoms with van der Waals surface area (Å²) in [6, 6.07) is 10.6.